The predicted molar refractivity (Wildman–Crippen MR) is 35.8 cm³/mol. The summed E-state index contributed by atoms with van der Waals surface area (Å²) in [6, 6.07) is 1.59. The number of alkyl halides is 1. The molecule has 0 saturated carbocycles. The van der Waals surface area contributed by atoms with E-state index in [0.29, 0.717) is 6.07 Å². The van der Waals surface area contributed by atoms with Gasteiger partial charge in [0.1, 0.15) is 6.17 Å². The van der Waals surface area contributed by atoms with E-state index in [-0.39, 0.29) is 0 Å². The van der Waals surface area contributed by atoms with Crippen LogP contribution in [0.1, 0.15) is 18.7 Å². The summed E-state index contributed by atoms with van der Waals surface area (Å²) in [4.78, 5) is 0. The van der Waals surface area contributed by atoms with Crippen molar-refractivity contribution in [2.24, 2.45) is 0 Å². The van der Waals surface area contributed by atoms with Crippen molar-refractivity contribution in [3.8, 4) is 0 Å². The first-order valence-electron chi connectivity index (χ1n) is 3.31. The fraction of sp³-hybridized carbons (Fsp3) is 0.250. The Hall–Kier alpha value is -1.06. The van der Waals surface area contributed by atoms with Crippen molar-refractivity contribution < 1.29 is 17.6 Å². The number of hydrogen-bond acceptors (Lipinski definition) is 0. The first-order chi connectivity index (χ1) is 5.54. The van der Waals surface area contributed by atoms with Crippen LogP contribution in [-0.4, -0.2) is 0 Å². The molecule has 0 heterocycles. The van der Waals surface area contributed by atoms with Crippen LogP contribution in [0.15, 0.2) is 12.1 Å². The summed E-state index contributed by atoms with van der Waals surface area (Å²) in [5.74, 6) is -4.39. The van der Waals surface area contributed by atoms with Crippen LogP contribution in [0.4, 0.5) is 17.6 Å². The molecule has 0 N–H and O–H groups in total. The molecule has 0 spiro atoms. The summed E-state index contributed by atoms with van der Waals surface area (Å²) in [6.45, 7) is 1.05. The SMILES string of the molecule is CC(F)c1ccc(F)c(F)c1F. The highest BCUT2D eigenvalue weighted by atomic mass is 19.2. The molecule has 1 unspecified atom stereocenters. The molecule has 0 radical (unpaired) electrons. The molecule has 0 aromatic heterocycles. The number of rotatable bonds is 1. The third-order valence-corrected chi connectivity index (χ3v) is 1.49. The van der Waals surface area contributed by atoms with Gasteiger partial charge in [-0.05, 0) is 13.0 Å². The van der Waals surface area contributed by atoms with E-state index in [0.717, 1.165) is 13.0 Å². The van der Waals surface area contributed by atoms with Gasteiger partial charge in [0.2, 0.25) is 0 Å². The normalized spacial score (nSPS) is 13.1. The van der Waals surface area contributed by atoms with Gasteiger partial charge >= 0.3 is 0 Å². The Balaban J connectivity index is 3.27. The van der Waals surface area contributed by atoms with Crippen molar-refractivity contribution in [2.75, 3.05) is 0 Å². The molecule has 1 atom stereocenters. The van der Waals surface area contributed by atoms with Crippen LogP contribution in [-0.2, 0) is 0 Å². The van der Waals surface area contributed by atoms with Crippen molar-refractivity contribution in [3.05, 3.63) is 35.1 Å². The van der Waals surface area contributed by atoms with Gasteiger partial charge in [-0.25, -0.2) is 17.6 Å². The Bertz CT molecular complexity index is 293. The molecule has 0 bridgehead atoms. The lowest BCUT2D eigenvalue weighted by Crippen LogP contribution is -1.98. The summed E-state index contributed by atoms with van der Waals surface area (Å²) in [7, 11) is 0. The molecule has 0 fully saturated rings. The third kappa shape index (κ3) is 1.42. The van der Waals surface area contributed by atoms with Crippen molar-refractivity contribution in [2.45, 2.75) is 13.1 Å². The zero-order valence-corrected chi connectivity index (χ0v) is 6.24. The zero-order chi connectivity index (χ0) is 9.30. The van der Waals surface area contributed by atoms with Gasteiger partial charge in [-0.2, -0.15) is 0 Å². The van der Waals surface area contributed by atoms with E-state index < -0.39 is 29.2 Å². The van der Waals surface area contributed by atoms with Gasteiger partial charge in [-0.3, -0.25) is 0 Å². The van der Waals surface area contributed by atoms with Crippen molar-refractivity contribution in [1.29, 1.82) is 0 Å². The molecular formula is C8H6F4. The Morgan fingerprint density at radius 2 is 1.67 bits per heavy atom. The monoisotopic (exact) mass is 178 g/mol. The molecule has 0 aliphatic carbocycles. The Labute approximate surface area is 66.8 Å². The second kappa shape index (κ2) is 3.13. The van der Waals surface area contributed by atoms with Gasteiger partial charge in [-0.1, -0.05) is 6.07 Å². The molecule has 0 aliphatic rings. The Morgan fingerprint density at radius 1 is 1.08 bits per heavy atom. The predicted octanol–water partition coefficient (Wildman–Crippen LogP) is 3.13. The van der Waals surface area contributed by atoms with E-state index >= 15 is 0 Å². The molecule has 12 heavy (non-hydrogen) atoms. The lowest BCUT2D eigenvalue weighted by atomic mass is 10.1. The minimum atomic E-state index is -1.64. The van der Waals surface area contributed by atoms with Crippen molar-refractivity contribution >= 4 is 0 Å². The maximum Gasteiger partial charge on any atom is 0.194 e. The van der Waals surface area contributed by atoms with E-state index in [1.54, 1.807) is 0 Å². The van der Waals surface area contributed by atoms with Crippen molar-refractivity contribution in [1.82, 2.24) is 0 Å². The summed E-state index contributed by atoms with van der Waals surface area (Å²) >= 11 is 0. The van der Waals surface area contributed by atoms with Gasteiger partial charge in [0.25, 0.3) is 0 Å². The first-order valence-corrected chi connectivity index (χ1v) is 3.31. The Kier molecular flexibility index (Phi) is 2.35. The standard InChI is InChI=1S/C8H6F4/c1-4(9)5-2-3-6(10)8(12)7(5)11/h2-4H,1H3. The molecule has 1 rings (SSSR count). The maximum atomic E-state index is 12.7. The molecule has 0 saturated heterocycles. The van der Waals surface area contributed by atoms with E-state index in [9.17, 15) is 17.6 Å². The van der Waals surface area contributed by atoms with Crippen LogP contribution in [0.3, 0.4) is 0 Å². The second-order valence-corrected chi connectivity index (χ2v) is 2.38. The van der Waals surface area contributed by atoms with Crippen LogP contribution < -0.4 is 0 Å². The molecule has 4 heteroatoms. The second-order valence-electron chi connectivity index (χ2n) is 2.38. The molecule has 0 amide bonds. The highest BCUT2D eigenvalue weighted by Crippen LogP contribution is 2.23. The lowest BCUT2D eigenvalue weighted by molar-refractivity contribution is 0.348. The highest BCUT2D eigenvalue weighted by molar-refractivity contribution is 5.21. The van der Waals surface area contributed by atoms with Gasteiger partial charge in [0.15, 0.2) is 17.5 Å². The van der Waals surface area contributed by atoms with Crippen LogP contribution in [0.2, 0.25) is 0 Å². The average molecular weight is 178 g/mol. The van der Waals surface area contributed by atoms with E-state index in [1.165, 1.54) is 0 Å². The number of halogens is 4. The quantitative estimate of drug-likeness (QED) is 0.457. The largest absolute Gasteiger partial charge is 0.242 e. The molecule has 1 aromatic carbocycles. The van der Waals surface area contributed by atoms with E-state index in [1.807, 2.05) is 0 Å². The summed E-state index contributed by atoms with van der Waals surface area (Å²) in [5, 5.41) is 0. The summed E-state index contributed by atoms with van der Waals surface area (Å²) < 4.78 is 49.9. The first kappa shape index (κ1) is 9.03. The van der Waals surface area contributed by atoms with Crippen molar-refractivity contribution in [3.63, 3.8) is 0 Å². The molecule has 0 aliphatic heterocycles. The zero-order valence-electron chi connectivity index (χ0n) is 6.24. The van der Waals surface area contributed by atoms with Gasteiger partial charge in [0.05, 0.1) is 0 Å². The maximum absolute atomic E-state index is 12.7. The smallest absolute Gasteiger partial charge is 0.194 e. The fourth-order valence-corrected chi connectivity index (χ4v) is 0.848. The molecule has 1 aromatic rings. The topological polar surface area (TPSA) is 0 Å². The minimum Gasteiger partial charge on any atom is -0.242 e. The Morgan fingerprint density at radius 3 is 2.17 bits per heavy atom. The molecule has 0 nitrogen and oxygen atoms in total. The van der Waals surface area contributed by atoms with Crippen LogP contribution >= 0.6 is 0 Å². The van der Waals surface area contributed by atoms with Gasteiger partial charge in [0, 0.05) is 5.56 Å². The average Bonchev–Trinajstić information content (AvgIpc) is 2.00. The van der Waals surface area contributed by atoms with E-state index in [2.05, 4.69) is 0 Å². The minimum absolute atomic E-state index is 0.464. The van der Waals surface area contributed by atoms with Crippen LogP contribution in [0.25, 0.3) is 0 Å². The van der Waals surface area contributed by atoms with Crippen LogP contribution in [0.5, 0.6) is 0 Å². The van der Waals surface area contributed by atoms with E-state index in [4.69, 9.17) is 0 Å². The van der Waals surface area contributed by atoms with Crippen LogP contribution in [0, 0.1) is 17.5 Å². The number of benzene rings is 1. The fourth-order valence-electron chi connectivity index (χ4n) is 0.848. The summed E-state index contributed by atoms with van der Waals surface area (Å²) in [6.07, 6.45) is -1.64. The third-order valence-electron chi connectivity index (χ3n) is 1.49. The molecule has 66 valence electrons. The lowest BCUT2D eigenvalue weighted by Gasteiger charge is -2.04. The molecular weight excluding hydrogens is 172 g/mol. The van der Waals surface area contributed by atoms with Gasteiger partial charge in [-0.15, -0.1) is 0 Å². The number of hydrogen-bond donors (Lipinski definition) is 0. The highest BCUT2D eigenvalue weighted by Gasteiger charge is 2.16. The summed E-state index contributed by atoms with van der Waals surface area (Å²) in [5.41, 5.74) is -0.464. The van der Waals surface area contributed by atoms with Gasteiger partial charge < -0.3 is 0 Å².